The number of hydrogen-bond donors (Lipinski definition) is 1. The quantitative estimate of drug-likeness (QED) is 0.792. The molecule has 0 spiro atoms. The fourth-order valence-corrected chi connectivity index (χ4v) is 1.56. The van der Waals surface area contributed by atoms with Gasteiger partial charge in [-0.05, 0) is 31.9 Å². The maximum Gasteiger partial charge on any atom is 0.254 e. The number of hydrogen-bond acceptors (Lipinski definition) is 1. The van der Waals surface area contributed by atoms with Gasteiger partial charge in [-0.3, -0.25) is 4.79 Å². The molecule has 0 saturated heterocycles. The van der Waals surface area contributed by atoms with Crippen molar-refractivity contribution >= 4 is 17.5 Å². The fourth-order valence-electron chi connectivity index (χ4n) is 1.40. The lowest BCUT2D eigenvalue weighted by molar-refractivity contribution is 0.0934. The van der Waals surface area contributed by atoms with Crippen molar-refractivity contribution in [3.8, 4) is 0 Å². The van der Waals surface area contributed by atoms with E-state index in [1.807, 2.05) is 6.92 Å². The number of halogens is 2. The highest BCUT2D eigenvalue weighted by Crippen LogP contribution is 2.07. The van der Waals surface area contributed by atoms with Crippen LogP contribution in [0.3, 0.4) is 0 Å². The fraction of sp³-hybridized carbons (Fsp3) is 0.417. The SMILES string of the molecule is CC(CCCCl)NC(=O)c1ccccc1F. The van der Waals surface area contributed by atoms with Gasteiger partial charge >= 0.3 is 0 Å². The molecule has 1 amide bonds. The number of nitrogens with one attached hydrogen (secondary N) is 1. The number of rotatable bonds is 5. The van der Waals surface area contributed by atoms with E-state index in [0.29, 0.717) is 5.88 Å². The Morgan fingerprint density at radius 1 is 1.50 bits per heavy atom. The Labute approximate surface area is 99.8 Å². The van der Waals surface area contributed by atoms with E-state index in [1.54, 1.807) is 12.1 Å². The lowest BCUT2D eigenvalue weighted by Gasteiger charge is -2.13. The average Bonchev–Trinajstić information content (AvgIpc) is 2.26. The predicted molar refractivity (Wildman–Crippen MR) is 63.3 cm³/mol. The van der Waals surface area contributed by atoms with E-state index in [4.69, 9.17) is 11.6 Å². The van der Waals surface area contributed by atoms with Gasteiger partial charge in [0, 0.05) is 11.9 Å². The van der Waals surface area contributed by atoms with Crippen molar-refractivity contribution < 1.29 is 9.18 Å². The zero-order valence-electron chi connectivity index (χ0n) is 9.17. The number of carbonyl (C=O) groups excluding carboxylic acids is 1. The van der Waals surface area contributed by atoms with Gasteiger partial charge in [-0.15, -0.1) is 11.6 Å². The molecule has 0 radical (unpaired) electrons. The first-order valence-electron chi connectivity index (χ1n) is 5.26. The number of alkyl halides is 1. The molecule has 0 saturated carbocycles. The minimum absolute atomic E-state index is 0.00542. The van der Waals surface area contributed by atoms with Crippen molar-refractivity contribution in [3.63, 3.8) is 0 Å². The minimum atomic E-state index is -0.496. The van der Waals surface area contributed by atoms with Crippen molar-refractivity contribution in [1.82, 2.24) is 5.32 Å². The Morgan fingerprint density at radius 3 is 2.81 bits per heavy atom. The normalized spacial score (nSPS) is 12.2. The van der Waals surface area contributed by atoms with Crippen molar-refractivity contribution in [2.24, 2.45) is 0 Å². The summed E-state index contributed by atoms with van der Waals surface area (Å²) in [5.74, 6) is -0.301. The molecular weight excluding hydrogens is 229 g/mol. The molecule has 0 aliphatic heterocycles. The zero-order chi connectivity index (χ0) is 12.0. The highest BCUT2D eigenvalue weighted by molar-refractivity contribution is 6.17. The second-order valence-electron chi connectivity index (χ2n) is 3.69. The topological polar surface area (TPSA) is 29.1 Å². The molecule has 4 heteroatoms. The average molecular weight is 244 g/mol. The molecule has 0 fully saturated rings. The molecular formula is C12H15ClFNO. The molecule has 1 unspecified atom stereocenters. The van der Waals surface area contributed by atoms with Crippen LogP contribution in [-0.4, -0.2) is 17.8 Å². The van der Waals surface area contributed by atoms with Gasteiger partial charge in [0.25, 0.3) is 5.91 Å². The van der Waals surface area contributed by atoms with Gasteiger partial charge in [-0.1, -0.05) is 12.1 Å². The van der Waals surface area contributed by atoms with Gasteiger partial charge in [0.15, 0.2) is 0 Å². The third-order valence-corrected chi connectivity index (χ3v) is 2.53. The summed E-state index contributed by atoms with van der Waals surface area (Å²) in [5, 5.41) is 2.73. The molecule has 0 aliphatic carbocycles. The maximum absolute atomic E-state index is 13.3. The van der Waals surface area contributed by atoms with Crippen LogP contribution < -0.4 is 5.32 Å². The molecule has 88 valence electrons. The van der Waals surface area contributed by atoms with Crippen molar-refractivity contribution in [2.75, 3.05) is 5.88 Å². The van der Waals surface area contributed by atoms with E-state index < -0.39 is 5.82 Å². The third kappa shape index (κ3) is 3.81. The van der Waals surface area contributed by atoms with Crippen molar-refractivity contribution in [2.45, 2.75) is 25.8 Å². The first-order chi connectivity index (χ1) is 7.65. The van der Waals surface area contributed by atoms with E-state index in [9.17, 15) is 9.18 Å². The van der Waals surface area contributed by atoms with Crippen LogP contribution in [0.2, 0.25) is 0 Å². The summed E-state index contributed by atoms with van der Waals surface area (Å²) in [7, 11) is 0. The largest absolute Gasteiger partial charge is 0.349 e. The predicted octanol–water partition coefficient (Wildman–Crippen LogP) is 2.96. The van der Waals surface area contributed by atoms with Crippen molar-refractivity contribution in [1.29, 1.82) is 0 Å². The highest BCUT2D eigenvalue weighted by Gasteiger charge is 2.12. The number of benzene rings is 1. The molecule has 0 heterocycles. The van der Waals surface area contributed by atoms with Gasteiger partial charge in [0.1, 0.15) is 5.82 Å². The summed E-state index contributed by atoms with van der Waals surface area (Å²) in [6, 6.07) is 5.95. The lowest BCUT2D eigenvalue weighted by atomic mass is 10.1. The summed E-state index contributed by atoms with van der Waals surface area (Å²) >= 11 is 5.55. The standard InChI is InChI=1S/C12H15ClFNO/c1-9(5-4-8-13)15-12(16)10-6-2-3-7-11(10)14/h2-3,6-7,9H,4-5,8H2,1H3,(H,15,16). The first-order valence-corrected chi connectivity index (χ1v) is 5.80. The summed E-state index contributed by atoms with van der Waals surface area (Å²) in [6.07, 6.45) is 1.63. The highest BCUT2D eigenvalue weighted by atomic mass is 35.5. The molecule has 2 nitrogen and oxygen atoms in total. The van der Waals surface area contributed by atoms with E-state index >= 15 is 0 Å². The van der Waals surface area contributed by atoms with Crippen LogP contribution in [0.4, 0.5) is 4.39 Å². The number of carbonyl (C=O) groups is 1. The van der Waals surface area contributed by atoms with Gasteiger partial charge in [0.2, 0.25) is 0 Å². The smallest absolute Gasteiger partial charge is 0.254 e. The Hall–Kier alpha value is -1.09. The number of amides is 1. The van der Waals surface area contributed by atoms with Crippen LogP contribution in [0.15, 0.2) is 24.3 Å². The van der Waals surface area contributed by atoms with Crippen LogP contribution >= 0.6 is 11.6 Å². The van der Waals surface area contributed by atoms with Crippen LogP contribution in [0.5, 0.6) is 0 Å². The van der Waals surface area contributed by atoms with Crippen LogP contribution in [-0.2, 0) is 0 Å². The summed E-state index contributed by atoms with van der Waals surface area (Å²) < 4.78 is 13.3. The van der Waals surface area contributed by atoms with Gasteiger partial charge in [0.05, 0.1) is 5.56 Å². The van der Waals surface area contributed by atoms with Gasteiger partial charge < -0.3 is 5.32 Å². The molecule has 0 bridgehead atoms. The lowest BCUT2D eigenvalue weighted by Crippen LogP contribution is -2.33. The molecule has 1 N–H and O–H groups in total. The molecule has 1 aromatic rings. The summed E-state index contributed by atoms with van der Waals surface area (Å²) in [5.41, 5.74) is 0.0835. The van der Waals surface area contributed by atoms with E-state index in [1.165, 1.54) is 12.1 Å². The van der Waals surface area contributed by atoms with Gasteiger partial charge in [-0.25, -0.2) is 4.39 Å². The van der Waals surface area contributed by atoms with E-state index in [-0.39, 0.29) is 17.5 Å². The van der Waals surface area contributed by atoms with Crippen molar-refractivity contribution in [3.05, 3.63) is 35.6 Å². The molecule has 0 aliphatic rings. The first kappa shape index (κ1) is 13.0. The van der Waals surface area contributed by atoms with E-state index in [0.717, 1.165) is 12.8 Å². The van der Waals surface area contributed by atoms with Crippen LogP contribution in [0, 0.1) is 5.82 Å². The Kier molecular flexibility index (Phi) is 5.26. The Morgan fingerprint density at radius 2 is 2.19 bits per heavy atom. The maximum atomic E-state index is 13.3. The monoisotopic (exact) mass is 243 g/mol. The second-order valence-corrected chi connectivity index (χ2v) is 4.06. The summed E-state index contributed by atoms with van der Waals surface area (Å²) in [4.78, 5) is 11.7. The van der Waals surface area contributed by atoms with Crippen LogP contribution in [0.25, 0.3) is 0 Å². The third-order valence-electron chi connectivity index (χ3n) is 2.27. The Balaban J connectivity index is 2.56. The second kappa shape index (κ2) is 6.48. The zero-order valence-corrected chi connectivity index (χ0v) is 9.93. The van der Waals surface area contributed by atoms with Gasteiger partial charge in [-0.2, -0.15) is 0 Å². The molecule has 0 aromatic heterocycles. The van der Waals surface area contributed by atoms with Crippen LogP contribution in [0.1, 0.15) is 30.1 Å². The Bertz CT molecular complexity index is 357. The molecule has 16 heavy (non-hydrogen) atoms. The van der Waals surface area contributed by atoms with E-state index in [2.05, 4.69) is 5.32 Å². The summed E-state index contributed by atoms with van der Waals surface area (Å²) in [6.45, 7) is 1.88. The minimum Gasteiger partial charge on any atom is -0.349 e. The molecule has 1 atom stereocenters. The molecule has 1 aromatic carbocycles. The molecule has 1 rings (SSSR count).